The van der Waals surface area contributed by atoms with Gasteiger partial charge in [0.15, 0.2) is 0 Å². The van der Waals surface area contributed by atoms with Crippen molar-refractivity contribution in [2.45, 2.75) is 25.7 Å². The quantitative estimate of drug-likeness (QED) is 0.828. The molecule has 0 aromatic heterocycles. The molecule has 6 nitrogen and oxygen atoms in total. The minimum absolute atomic E-state index is 0.115. The van der Waals surface area contributed by atoms with E-state index in [0.717, 1.165) is 0 Å². The normalized spacial score (nSPS) is 13.0. The summed E-state index contributed by atoms with van der Waals surface area (Å²) in [5.74, 6) is 0.547. The lowest BCUT2D eigenvalue weighted by molar-refractivity contribution is 0.0944. The monoisotopic (exact) mass is 314 g/mol. The Morgan fingerprint density at radius 1 is 1.33 bits per heavy atom. The summed E-state index contributed by atoms with van der Waals surface area (Å²) in [6.07, 6.45) is 0. The molecule has 0 radical (unpaired) electrons. The zero-order valence-electron chi connectivity index (χ0n) is 12.7. The summed E-state index contributed by atoms with van der Waals surface area (Å²) in [4.78, 5) is 11.9. The number of nitrogens with one attached hydrogen (secondary N) is 1. The number of hydrogen-bond donors (Lipinski definition) is 2. The highest BCUT2D eigenvalue weighted by atomic mass is 32.2. The van der Waals surface area contributed by atoms with Crippen LogP contribution in [0, 0.1) is 11.8 Å². The summed E-state index contributed by atoms with van der Waals surface area (Å²) in [5, 5.41) is 7.91. The van der Waals surface area contributed by atoms with Crippen molar-refractivity contribution in [1.29, 1.82) is 0 Å². The van der Waals surface area contributed by atoms with E-state index < -0.39 is 10.0 Å². The molecule has 3 N–H and O–H groups in total. The molecule has 7 heteroatoms. The molecule has 0 aliphatic rings. The summed E-state index contributed by atoms with van der Waals surface area (Å²) in [7, 11) is -2.61. The fourth-order valence-corrected chi connectivity index (χ4v) is 2.35. The van der Waals surface area contributed by atoms with Gasteiger partial charge in [-0.15, -0.1) is 0 Å². The molecule has 1 atom stereocenters. The van der Waals surface area contributed by atoms with Gasteiger partial charge in [0.05, 0.1) is 7.11 Å². The zero-order valence-corrected chi connectivity index (χ0v) is 13.5. The van der Waals surface area contributed by atoms with Crippen molar-refractivity contribution in [2.24, 2.45) is 17.0 Å². The average Bonchev–Trinajstić information content (AvgIpc) is 2.42. The second kappa shape index (κ2) is 6.91. The number of nitrogens with two attached hydrogens (primary N) is 1. The Balaban J connectivity index is 2.97. The second-order valence-electron chi connectivity index (χ2n) is 5.34. The summed E-state index contributed by atoms with van der Waals surface area (Å²) in [5.41, 5.74) is 0.232. The third-order valence-electron chi connectivity index (χ3n) is 3.46. The number of methoxy groups -OCH3 is 1. The van der Waals surface area contributed by atoms with Crippen LogP contribution in [-0.4, -0.2) is 28.0 Å². The van der Waals surface area contributed by atoms with Crippen molar-refractivity contribution < 1.29 is 17.9 Å². The molecule has 0 fully saturated rings. The number of carbonyl (C=O) groups is 1. The van der Waals surface area contributed by atoms with Crippen molar-refractivity contribution in [3.63, 3.8) is 0 Å². The van der Waals surface area contributed by atoms with Crippen LogP contribution in [0.15, 0.2) is 23.1 Å². The Bertz CT molecular complexity index is 611. The van der Waals surface area contributed by atoms with Crippen molar-refractivity contribution in [1.82, 2.24) is 5.32 Å². The minimum atomic E-state index is -3.95. The molecule has 0 spiro atoms. The van der Waals surface area contributed by atoms with Crippen molar-refractivity contribution in [3.8, 4) is 5.75 Å². The van der Waals surface area contributed by atoms with Gasteiger partial charge in [-0.25, -0.2) is 13.6 Å². The van der Waals surface area contributed by atoms with Gasteiger partial charge in [0, 0.05) is 12.1 Å². The largest absolute Gasteiger partial charge is 0.495 e. The Morgan fingerprint density at radius 2 is 1.95 bits per heavy atom. The maximum absolute atomic E-state index is 12.1. The molecule has 1 amide bonds. The predicted octanol–water partition coefficient (Wildman–Crippen LogP) is 1.36. The van der Waals surface area contributed by atoms with E-state index in [9.17, 15) is 13.2 Å². The van der Waals surface area contributed by atoms with Crippen molar-refractivity contribution >= 4 is 15.9 Å². The second-order valence-corrected chi connectivity index (χ2v) is 6.87. The summed E-state index contributed by atoms with van der Waals surface area (Å²) in [6, 6.07) is 4.15. The molecule has 0 aliphatic heterocycles. The van der Waals surface area contributed by atoms with Gasteiger partial charge in [0.1, 0.15) is 10.6 Å². The molecule has 1 rings (SSSR count). The summed E-state index contributed by atoms with van der Waals surface area (Å²) in [6.45, 7) is 6.70. The van der Waals surface area contributed by atoms with E-state index >= 15 is 0 Å². The maximum Gasteiger partial charge on any atom is 0.251 e. The first-order valence-electron chi connectivity index (χ1n) is 6.65. The third-order valence-corrected chi connectivity index (χ3v) is 4.39. The number of carbonyl (C=O) groups excluding carboxylic acids is 1. The molecule has 1 aromatic rings. The van der Waals surface area contributed by atoms with Gasteiger partial charge in [-0.05, 0) is 30.0 Å². The lowest BCUT2D eigenvalue weighted by atomic mass is 9.98. The van der Waals surface area contributed by atoms with Crippen LogP contribution in [0.5, 0.6) is 5.75 Å². The number of sulfonamides is 1. The van der Waals surface area contributed by atoms with Gasteiger partial charge >= 0.3 is 0 Å². The first kappa shape index (κ1) is 17.5. The van der Waals surface area contributed by atoms with Gasteiger partial charge in [0.2, 0.25) is 10.0 Å². The van der Waals surface area contributed by atoms with E-state index in [1.165, 1.54) is 25.3 Å². The highest BCUT2D eigenvalue weighted by molar-refractivity contribution is 7.89. The van der Waals surface area contributed by atoms with Gasteiger partial charge in [-0.3, -0.25) is 4.79 Å². The van der Waals surface area contributed by atoms with E-state index in [1.54, 1.807) is 0 Å². The maximum atomic E-state index is 12.1. The van der Waals surface area contributed by atoms with Crippen molar-refractivity contribution in [3.05, 3.63) is 23.8 Å². The molecular weight excluding hydrogens is 292 g/mol. The highest BCUT2D eigenvalue weighted by Crippen LogP contribution is 2.23. The zero-order chi connectivity index (χ0) is 16.2. The smallest absolute Gasteiger partial charge is 0.251 e. The van der Waals surface area contributed by atoms with Gasteiger partial charge in [0.25, 0.3) is 5.91 Å². The average molecular weight is 314 g/mol. The Labute approximate surface area is 125 Å². The molecule has 0 bridgehead atoms. The number of primary sulfonamides is 1. The molecular formula is C14H22N2O4S. The topological polar surface area (TPSA) is 98.5 Å². The van der Waals surface area contributed by atoms with Crippen LogP contribution in [0.3, 0.4) is 0 Å². The minimum Gasteiger partial charge on any atom is -0.495 e. The van der Waals surface area contributed by atoms with Gasteiger partial charge in [-0.2, -0.15) is 0 Å². The number of ether oxygens (including phenoxy) is 1. The van der Waals surface area contributed by atoms with Crippen LogP contribution >= 0.6 is 0 Å². The lowest BCUT2D eigenvalue weighted by Crippen LogP contribution is -2.30. The molecule has 1 aromatic carbocycles. The molecule has 0 saturated carbocycles. The molecule has 118 valence electrons. The molecule has 1 unspecified atom stereocenters. The van der Waals surface area contributed by atoms with E-state index in [4.69, 9.17) is 9.88 Å². The fraction of sp³-hybridized carbons (Fsp3) is 0.500. The number of rotatable bonds is 6. The van der Waals surface area contributed by atoms with Gasteiger partial charge in [-0.1, -0.05) is 20.8 Å². The third kappa shape index (κ3) is 4.71. The summed E-state index contributed by atoms with van der Waals surface area (Å²) >= 11 is 0. The van der Waals surface area contributed by atoms with Crippen LogP contribution in [0.25, 0.3) is 0 Å². The fourth-order valence-electron chi connectivity index (χ4n) is 1.63. The first-order chi connectivity index (χ1) is 9.66. The molecule has 0 heterocycles. The highest BCUT2D eigenvalue weighted by Gasteiger charge is 2.18. The van der Waals surface area contributed by atoms with E-state index in [-0.39, 0.29) is 22.1 Å². The first-order valence-corrected chi connectivity index (χ1v) is 8.20. The van der Waals surface area contributed by atoms with Crippen LogP contribution in [0.4, 0.5) is 0 Å². The van der Waals surface area contributed by atoms with Gasteiger partial charge < -0.3 is 10.1 Å². The molecule has 0 aliphatic carbocycles. The van der Waals surface area contributed by atoms with E-state index in [1.807, 2.05) is 6.92 Å². The van der Waals surface area contributed by atoms with Crippen LogP contribution in [0.1, 0.15) is 31.1 Å². The molecule has 0 saturated heterocycles. The van der Waals surface area contributed by atoms with Crippen molar-refractivity contribution in [2.75, 3.05) is 13.7 Å². The number of amides is 1. The van der Waals surface area contributed by atoms with Crippen LogP contribution in [0.2, 0.25) is 0 Å². The summed E-state index contributed by atoms with van der Waals surface area (Å²) < 4.78 is 28.0. The van der Waals surface area contributed by atoms with E-state index in [0.29, 0.717) is 18.4 Å². The number of benzene rings is 1. The Hall–Kier alpha value is -1.60. The van der Waals surface area contributed by atoms with Crippen LogP contribution < -0.4 is 15.2 Å². The Morgan fingerprint density at radius 3 is 2.43 bits per heavy atom. The predicted molar refractivity (Wildman–Crippen MR) is 80.7 cm³/mol. The SMILES string of the molecule is COc1ccc(C(=O)NCC(C)C(C)C)cc1S(N)(=O)=O. The lowest BCUT2D eigenvalue weighted by Gasteiger charge is -2.16. The standard InChI is InChI=1S/C14H22N2O4S/c1-9(2)10(3)8-16-14(17)11-5-6-12(20-4)13(7-11)21(15,18)19/h5-7,9-10H,8H2,1-4H3,(H,16,17)(H2,15,18,19). The molecule has 21 heavy (non-hydrogen) atoms. The number of hydrogen-bond acceptors (Lipinski definition) is 4. The van der Waals surface area contributed by atoms with E-state index in [2.05, 4.69) is 19.2 Å². The Kier molecular flexibility index (Phi) is 5.74. The van der Waals surface area contributed by atoms with Crippen LogP contribution in [-0.2, 0) is 10.0 Å².